The summed E-state index contributed by atoms with van der Waals surface area (Å²) in [5.41, 5.74) is 2.08. The summed E-state index contributed by atoms with van der Waals surface area (Å²) in [4.78, 5) is 12.0. The Bertz CT molecular complexity index is 737. The van der Waals surface area contributed by atoms with Gasteiger partial charge in [0.15, 0.2) is 0 Å². The van der Waals surface area contributed by atoms with Crippen molar-refractivity contribution in [1.82, 2.24) is 0 Å². The number of rotatable bonds is 5. The summed E-state index contributed by atoms with van der Waals surface area (Å²) >= 11 is 3.31. The van der Waals surface area contributed by atoms with E-state index in [0.717, 1.165) is 14.3 Å². The van der Waals surface area contributed by atoms with Gasteiger partial charge in [-0.25, -0.2) is 8.42 Å². The molecule has 0 saturated carbocycles. The van der Waals surface area contributed by atoms with E-state index in [4.69, 9.17) is 0 Å². The summed E-state index contributed by atoms with van der Waals surface area (Å²) < 4.78 is 24.7. The van der Waals surface area contributed by atoms with E-state index < -0.39 is 16.8 Å². The molecule has 0 unspecified atom stereocenters. The minimum atomic E-state index is -2.90. The summed E-state index contributed by atoms with van der Waals surface area (Å²) in [5.74, 6) is -0.405. The average Bonchev–Trinajstić information content (AvgIpc) is 2.45. The fourth-order valence-corrected chi connectivity index (χ4v) is 2.83. The van der Waals surface area contributed by atoms with E-state index in [1.807, 2.05) is 13.0 Å². The molecule has 2 aromatic carbocycles. The van der Waals surface area contributed by atoms with Gasteiger partial charge in [0.25, 0.3) is 0 Å². The number of hydrogen-bond acceptors (Lipinski definition) is 3. The van der Waals surface area contributed by atoms with Gasteiger partial charge in [-0.05, 0) is 37.3 Å². The number of halogens is 1. The van der Waals surface area contributed by atoms with Crippen molar-refractivity contribution in [3.05, 3.63) is 58.6 Å². The van der Waals surface area contributed by atoms with Crippen LogP contribution in [0.4, 0.5) is 11.4 Å². The van der Waals surface area contributed by atoms with Crippen LogP contribution >= 0.6 is 15.9 Å². The predicted molar refractivity (Wildman–Crippen MR) is 91.6 cm³/mol. The van der Waals surface area contributed by atoms with Crippen LogP contribution in [0.1, 0.15) is 5.56 Å². The number of thiol groups is 1. The Morgan fingerprint density at radius 2 is 1.86 bits per heavy atom. The number of carbonyl (C=O) groups excluding carboxylic acids is 1. The molecule has 1 N–H and O–H groups in total. The average molecular weight is 383 g/mol. The second kappa shape index (κ2) is 7.42. The molecular formula is C15H15BrN2O3S. The molecule has 0 aliphatic heterocycles. The van der Waals surface area contributed by atoms with Crippen LogP contribution in [0, 0.1) is 6.92 Å². The molecule has 0 aliphatic rings. The Hall–Kier alpha value is -1.86. The SMILES string of the molecule is Cc1ccc(N(CC(=O)Nc2cccc(Br)c2)[SH](=O)=O)cc1. The van der Waals surface area contributed by atoms with E-state index in [1.54, 1.807) is 42.5 Å². The van der Waals surface area contributed by atoms with Gasteiger partial charge in [-0.3, -0.25) is 9.10 Å². The largest absolute Gasteiger partial charge is 0.324 e. The van der Waals surface area contributed by atoms with Crippen molar-refractivity contribution in [3.8, 4) is 0 Å². The van der Waals surface area contributed by atoms with E-state index >= 15 is 0 Å². The smallest absolute Gasteiger partial charge is 0.245 e. The lowest BCUT2D eigenvalue weighted by molar-refractivity contribution is -0.114. The van der Waals surface area contributed by atoms with E-state index in [2.05, 4.69) is 21.2 Å². The minimum Gasteiger partial charge on any atom is -0.324 e. The molecule has 1 amide bonds. The quantitative estimate of drug-likeness (QED) is 0.781. The molecular weight excluding hydrogens is 368 g/mol. The number of benzene rings is 2. The van der Waals surface area contributed by atoms with Crippen LogP contribution in [-0.4, -0.2) is 20.9 Å². The van der Waals surface area contributed by atoms with Crippen LogP contribution in [0.25, 0.3) is 0 Å². The van der Waals surface area contributed by atoms with Gasteiger partial charge in [0.1, 0.15) is 6.54 Å². The normalized spacial score (nSPS) is 10.5. The van der Waals surface area contributed by atoms with Gasteiger partial charge in [-0.1, -0.05) is 39.7 Å². The van der Waals surface area contributed by atoms with Crippen LogP contribution in [0.3, 0.4) is 0 Å². The third-order valence-electron chi connectivity index (χ3n) is 2.93. The highest BCUT2D eigenvalue weighted by Gasteiger charge is 2.14. The minimum absolute atomic E-state index is 0.270. The summed E-state index contributed by atoms with van der Waals surface area (Å²) in [6.45, 7) is 1.64. The first-order valence-corrected chi connectivity index (χ1v) is 8.42. The van der Waals surface area contributed by atoms with E-state index in [1.165, 1.54) is 0 Å². The second-order valence-electron chi connectivity index (χ2n) is 4.69. The van der Waals surface area contributed by atoms with Crippen molar-refractivity contribution in [2.75, 3.05) is 16.2 Å². The Morgan fingerprint density at radius 3 is 2.45 bits per heavy atom. The highest BCUT2D eigenvalue weighted by Crippen LogP contribution is 2.17. The van der Waals surface area contributed by atoms with Gasteiger partial charge in [-0.2, -0.15) is 0 Å². The lowest BCUT2D eigenvalue weighted by atomic mass is 10.2. The van der Waals surface area contributed by atoms with E-state index in [-0.39, 0.29) is 6.54 Å². The molecule has 0 aliphatic carbocycles. The van der Waals surface area contributed by atoms with Crippen LogP contribution in [0.15, 0.2) is 53.0 Å². The molecule has 116 valence electrons. The van der Waals surface area contributed by atoms with Crippen molar-refractivity contribution in [2.24, 2.45) is 0 Å². The molecule has 0 radical (unpaired) electrons. The second-order valence-corrected chi connectivity index (χ2v) is 6.56. The van der Waals surface area contributed by atoms with Crippen LogP contribution in [0.5, 0.6) is 0 Å². The molecule has 0 fully saturated rings. The summed E-state index contributed by atoms with van der Waals surface area (Å²) in [6, 6.07) is 14.0. The molecule has 2 aromatic rings. The molecule has 0 atom stereocenters. The first-order chi connectivity index (χ1) is 10.5. The number of nitrogens with one attached hydrogen (secondary N) is 1. The summed E-state index contributed by atoms with van der Waals surface area (Å²) in [7, 11) is -2.90. The van der Waals surface area contributed by atoms with Crippen molar-refractivity contribution in [1.29, 1.82) is 0 Å². The maximum atomic E-state index is 12.0. The fourth-order valence-electron chi connectivity index (χ4n) is 1.86. The number of hydrogen-bond donors (Lipinski definition) is 2. The molecule has 5 nitrogen and oxygen atoms in total. The first kappa shape index (κ1) is 16.5. The van der Waals surface area contributed by atoms with Crippen molar-refractivity contribution < 1.29 is 13.2 Å². The van der Waals surface area contributed by atoms with Gasteiger partial charge in [0, 0.05) is 10.2 Å². The third-order valence-corrected chi connectivity index (χ3v) is 4.19. The zero-order valence-corrected chi connectivity index (χ0v) is 14.3. The number of anilines is 2. The maximum Gasteiger partial charge on any atom is 0.245 e. The molecule has 0 heterocycles. The molecule has 0 saturated heterocycles. The van der Waals surface area contributed by atoms with E-state index in [0.29, 0.717) is 11.4 Å². The first-order valence-electron chi connectivity index (χ1n) is 6.49. The van der Waals surface area contributed by atoms with Gasteiger partial charge in [0.2, 0.25) is 16.8 Å². The predicted octanol–water partition coefficient (Wildman–Crippen LogP) is 2.73. The zero-order valence-electron chi connectivity index (χ0n) is 11.8. The molecule has 0 aromatic heterocycles. The lowest BCUT2D eigenvalue weighted by Gasteiger charge is -2.17. The van der Waals surface area contributed by atoms with Crippen LogP contribution in [0.2, 0.25) is 0 Å². The van der Waals surface area contributed by atoms with Gasteiger partial charge < -0.3 is 5.32 Å². The van der Waals surface area contributed by atoms with Gasteiger partial charge >= 0.3 is 0 Å². The maximum absolute atomic E-state index is 12.0. The number of amides is 1. The van der Waals surface area contributed by atoms with Crippen molar-refractivity contribution in [3.63, 3.8) is 0 Å². The zero-order chi connectivity index (χ0) is 16.1. The standard InChI is InChI=1S/C15H15BrN2O3S/c1-11-5-7-14(8-6-11)18(22(20)21)10-15(19)17-13-4-2-3-12(16)9-13/h2-9,22H,10H2,1H3,(H,17,19). The molecule has 0 bridgehead atoms. The lowest BCUT2D eigenvalue weighted by Crippen LogP contribution is -2.32. The molecule has 2 rings (SSSR count). The Balaban J connectivity index is 2.11. The van der Waals surface area contributed by atoms with Crippen LogP contribution in [-0.2, 0) is 15.7 Å². The Morgan fingerprint density at radius 1 is 1.18 bits per heavy atom. The summed E-state index contributed by atoms with van der Waals surface area (Å²) in [6.07, 6.45) is 0. The highest BCUT2D eigenvalue weighted by atomic mass is 79.9. The van der Waals surface area contributed by atoms with Crippen molar-refractivity contribution >= 4 is 44.1 Å². The molecule has 7 heteroatoms. The highest BCUT2D eigenvalue weighted by molar-refractivity contribution is 9.10. The number of nitrogens with zero attached hydrogens (tertiary/aromatic N) is 1. The number of carbonyl (C=O) groups is 1. The van der Waals surface area contributed by atoms with Crippen LogP contribution < -0.4 is 9.62 Å². The fraction of sp³-hybridized carbons (Fsp3) is 0.133. The Labute approximate surface area is 139 Å². The van der Waals surface area contributed by atoms with Gasteiger partial charge in [0.05, 0.1) is 5.69 Å². The van der Waals surface area contributed by atoms with Crippen molar-refractivity contribution in [2.45, 2.75) is 6.92 Å². The Kier molecular flexibility index (Phi) is 5.57. The monoisotopic (exact) mass is 382 g/mol. The number of aryl methyl sites for hydroxylation is 1. The van der Waals surface area contributed by atoms with E-state index in [9.17, 15) is 13.2 Å². The third kappa shape index (κ3) is 4.57. The molecule has 22 heavy (non-hydrogen) atoms. The topological polar surface area (TPSA) is 66.5 Å². The summed E-state index contributed by atoms with van der Waals surface area (Å²) in [5, 5.41) is 2.67. The van der Waals surface area contributed by atoms with Gasteiger partial charge in [-0.15, -0.1) is 0 Å². The molecule has 0 spiro atoms.